The van der Waals surface area contributed by atoms with Crippen molar-refractivity contribution in [1.82, 2.24) is 0 Å². The summed E-state index contributed by atoms with van der Waals surface area (Å²) in [4.78, 5) is 0. The van der Waals surface area contributed by atoms with Gasteiger partial charge in [0.15, 0.2) is 0 Å². The molecular formula is C16H30O5. The predicted octanol–water partition coefficient (Wildman–Crippen LogP) is 1.40. The number of ether oxygens (including phenoxy) is 2. The summed E-state index contributed by atoms with van der Waals surface area (Å²) in [5.74, 6) is 0. The van der Waals surface area contributed by atoms with Gasteiger partial charge in [0.1, 0.15) is 24.4 Å². The van der Waals surface area contributed by atoms with Gasteiger partial charge in [-0.1, -0.05) is 31.9 Å². The molecule has 1 aliphatic heterocycles. The highest BCUT2D eigenvalue weighted by Crippen LogP contribution is 2.21. The van der Waals surface area contributed by atoms with Gasteiger partial charge in [-0.25, -0.2) is 0 Å². The Kier molecular flexibility index (Phi) is 9.87. The highest BCUT2D eigenvalue weighted by atomic mass is 16.6. The van der Waals surface area contributed by atoms with E-state index in [0.717, 1.165) is 25.7 Å². The minimum absolute atomic E-state index is 0.149. The number of allylic oxidation sites excluding steroid dienone is 2. The van der Waals surface area contributed by atoms with E-state index in [4.69, 9.17) is 14.6 Å². The molecule has 124 valence electrons. The van der Waals surface area contributed by atoms with Crippen LogP contribution in [0.15, 0.2) is 12.2 Å². The molecule has 3 N–H and O–H groups in total. The smallest absolute Gasteiger partial charge is 0.114 e. The number of rotatable bonds is 11. The molecule has 0 bridgehead atoms. The van der Waals surface area contributed by atoms with Crippen molar-refractivity contribution in [1.29, 1.82) is 0 Å². The lowest BCUT2D eigenvalue weighted by molar-refractivity contribution is -0.0938. The molecule has 0 aromatic heterocycles. The van der Waals surface area contributed by atoms with Gasteiger partial charge in [0.25, 0.3) is 0 Å². The molecule has 0 aromatic carbocycles. The molecule has 0 saturated carbocycles. The van der Waals surface area contributed by atoms with Crippen LogP contribution in [0, 0.1) is 0 Å². The zero-order valence-electron chi connectivity index (χ0n) is 13.0. The van der Waals surface area contributed by atoms with E-state index < -0.39 is 24.4 Å². The fourth-order valence-corrected chi connectivity index (χ4v) is 2.48. The zero-order valence-corrected chi connectivity index (χ0v) is 13.0. The minimum Gasteiger partial charge on any atom is -0.394 e. The Morgan fingerprint density at radius 2 is 2.00 bits per heavy atom. The second kappa shape index (κ2) is 11.2. The lowest BCUT2D eigenvalue weighted by Crippen LogP contribution is -2.42. The molecule has 0 radical (unpaired) electrons. The molecule has 1 saturated heterocycles. The first-order valence-electron chi connectivity index (χ1n) is 8.05. The zero-order chi connectivity index (χ0) is 15.5. The van der Waals surface area contributed by atoms with Gasteiger partial charge in [0.2, 0.25) is 0 Å². The minimum atomic E-state index is -1.00. The summed E-state index contributed by atoms with van der Waals surface area (Å²) in [6.45, 7) is 2.44. The van der Waals surface area contributed by atoms with Gasteiger partial charge in [0.05, 0.1) is 13.2 Å². The van der Waals surface area contributed by atoms with E-state index in [2.05, 4.69) is 19.1 Å². The standard InChI is InChI=1S/C16H30O5/c1-2-3-4-5-6-7-8-9-10-20-16-14(19)12-21-15(16)13(18)11-17/h3-4,13-19H,2,5-12H2,1H3/b4-3+/t13-,14+,15-,16-/m1/s1. The summed E-state index contributed by atoms with van der Waals surface area (Å²) in [6, 6.07) is 0. The molecule has 1 aliphatic rings. The number of hydrogen-bond acceptors (Lipinski definition) is 5. The van der Waals surface area contributed by atoms with E-state index in [-0.39, 0.29) is 13.2 Å². The quantitative estimate of drug-likeness (QED) is 0.397. The van der Waals surface area contributed by atoms with Gasteiger partial charge in [-0.2, -0.15) is 0 Å². The van der Waals surface area contributed by atoms with Crippen LogP contribution in [0.1, 0.15) is 45.4 Å². The third-order valence-corrected chi connectivity index (χ3v) is 3.71. The average molecular weight is 302 g/mol. The fourth-order valence-electron chi connectivity index (χ4n) is 2.48. The topological polar surface area (TPSA) is 79.2 Å². The number of hydrogen-bond donors (Lipinski definition) is 3. The summed E-state index contributed by atoms with van der Waals surface area (Å²) >= 11 is 0. The molecule has 0 amide bonds. The van der Waals surface area contributed by atoms with Crippen molar-refractivity contribution in [3.8, 4) is 0 Å². The second-order valence-electron chi connectivity index (χ2n) is 5.53. The summed E-state index contributed by atoms with van der Waals surface area (Å²) in [6.07, 6.45) is 8.13. The molecular weight excluding hydrogens is 272 g/mol. The van der Waals surface area contributed by atoms with E-state index in [1.165, 1.54) is 12.8 Å². The van der Waals surface area contributed by atoms with Gasteiger partial charge in [-0.15, -0.1) is 0 Å². The lowest BCUT2D eigenvalue weighted by atomic mass is 10.1. The second-order valence-corrected chi connectivity index (χ2v) is 5.53. The molecule has 1 heterocycles. The highest BCUT2D eigenvalue weighted by molar-refractivity contribution is 4.89. The maximum atomic E-state index is 9.78. The van der Waals surface area contributed by atoms with E-state index in [9.17, 15) is 10.2 Å². The first-order valence-corrected chi connectivity index (χ1v) is 8.05. The molecule has 0 unspecified atom stereocenters. The van der Waals surface area contributed by atoms with E-state index in [1.807, 2.05) is 0 Å². The van der Waals surface area contributed by atoms with Crippen molar-refractivity contribution in [2.75, 3.05) is 19.8 Å². The van der Waals surface area contributed by atoms with Crippen LogP contribution in [0.25, 0.3) is 0 Å². The fraction of sp³-hybridized carbons (Fsp3) is 0.875. The van der Waals surface area contributed by atoms with Crippen molar-refractivity contribution < 1.29 is 24.8 Å². The third-order valence-electron chi connectivity index (χ3n) is 3.71. The van der Waals surface area contributed by atoms with E-state index in [0.29, 0.717) is 6.61 Å². The maximum absolute atomic E-state index is 9.78. The molecule has 5 nitrogen and oxygen atoms in total. The maximum Gasteiger partial charge on any atom is 0.114 e. The Bertz CT molecular complexity index is 282. The molecule has 5 heteroatoms. The van der Waals surface area contributed by atoms with Crippen LogP contribution >= 0.6 is 0 Å². The Morgan fingerprint density at radius 3 is 2.71 bits per heavy atom. The van der Waals surface area contributed by atoms with Gasteiger partial charge in [-0.3, -0.25) is 0 Å². The number of aliphatic hydroxyl groups excluding tert-OH is 3. The van der Waals surface area contributed by atoms with Crippen molar-refractivity contribution in [3.63, 3.8) is 0 Å². The SMILES string of the molecule is CC/C=C/CCCCCCO[C@H]1[C@@H]([C@H](O)CO)OC[C@@H]1O. The molecule has 0 spiro atoms. The molecule has 4 atom stereocenters. The first kappa shape index (κ1) is 18.6. The van der Waals surface area contributed by atoms with Crippen molar-refractivity contribution in [3.05, 3.63) is 12.2 Å². The lowest BCUT2D eigenvalue weighted by Gasteiger charge is -2.23. The molecule has 1 fully saturated rings. The van der Waals surface area contributed by atoms with Crippen LogP contribution in [0.5, 0.6) is 0 Å². The van der Waals surface area contributed by atoms with E-state index >= 15 is 0 Å². The van der Waals surface area contributed by atoms with Crippen LogP contribution in [0.2, 0.25) is 0 Å². The number of unbranched alkanes of at least 4 members (excludes halogenated alkanes) is 4. The summed E-state index contributed by atoms with van der Waals surface area (Å²) < 4.78 is 10.9. The molecule has 1 rings (SSSR count). The van der Waals surface area contributed by atoms with Crippen LogP contribution in [-0.4, -0.2) is 59.6 Å². The van der Waals surface area contributed by atoms with Gasteiger partial charge in [-0.05, 0) is 25.7 Å². The monoisotopic (exact) mass is 302 g/mol. The normalized spacial score (nSPS) is 27.5. The Hall–Kier alpha value is -0.460. The summed E-state index contributed by atoms with van der Waals surface area (Å²) in [5.41, 5.74) is 0. The summed E-state index contributed by atoms with van der Waals surface area (Å²) in [5, 5.41) is 28.4. The predicted molar refractivity (Wildman–Crippen MR) is 81.1 cm³/mol. The molecule has 0 aromatic rings. The van der Waals surface area contributed by atoms with Crippen LogP contribution in [-0.2, 0) is 9.47 Å². The van der Waals surface area contributed by atoms with Crippen molar-refractivity contribution in [2.24, 2.45) is 0 Å². The van der Waals surface area contributed by atoms with Gasteiger partial charge < -0.3 is 24.8 Å². The van der Waals surface area contributed by atoms with Crippen LogP contribution in [0.4, 0.5) is 0 Å². The van der Waals surface area contributed by atoms with Crippen LogP contribution < -0.4 is 0 Å². The van der Waals surface area contributed by atoms with E-state index in [1.54, 1.807) is 0 Å². The molecule has 21 heavy (non-hydrogen) atoms. The third kappa shape index (κ3) is 6.89. The van der Waals surface area contributed by atoms with Crippen molar-refractivity contribution in [2.45, 2.75) is 69.9 Å². The Morgan fingerprint density at radius 1 is 1.24 bits per heavy atom. The average Bonchev–Trinajstić information content (AvgIpc) is 2.86. The van der Waals surface area contributed by atoms with Gasteiger partial charge >= 0.3 is 0 Å². The highest BCUT2D eigenvalue weighted by Gasteiger charge is 2.40. The summed E-state index contributed by atoms with van der Waals surface area (Å²) in [7, 11) is 0. The van der Waals surface area contributed by atoms with Gasteiger partial charge in [0, 0.05) is 6.61 Å². The van der Waals surface area contributed by atoms with Crippen molar-refractivity contribution >= 4 is 0 Å². The Labute approximate surface area is 127 Å². The first-order chi connectivity index (χ1) is 10.2. The van der Waals surface area contributed by atoms with Crippen LogP contribution in [0.3, 0.4) is 0 Å². The Balaban J connectivity index is 2.09. The largest absolute Gasteiger partial charge is 0.394 e. The molecule has 0 aliphatic carbocycles. The number of aliphatic hydroxyl groups is 3.